The van der Waals surface area contributed by atoms with Crippen molar-refractivity contribution < 1.29 is 19.4 Å². The number of aliphatic hydroxyl groups is 1. The smallest absolute Gasteiger partial charge is 0.305 e. The third-order valence-corrected chi connectivity index (χ3v) is 6.31. The van der Waals surface area contributed by atoms with E-state index in [1.165, 1.54) is 12.7 Å². The van der Waals surface area contributed by atoms with Crippen LogP contribution in [-0.4, -0.2) is 24.0 Å². The van der Waals surface area contributed by atoms with Crippen LogP contribution in [0.25, 0.3) is 0 Å². The molecule has 4 nitrogen and oxygen atoms in total. The first-order valence-corrected chi connectivity index (χ1v) is 11.4. The molecular formula is C25H38O4. The lowest BCUT2D eigenvalue weighted by molar-refractivity contribution is -0.140. The van der Waals surface area contributed by atoms with Crippen molar-refractivity contribution in [3.05, 3.63) is 35.4 Å². The number of ketones is 1. The first kappa shape index (κ1) is 23.6. The zero-order chi connectivity index (χ0) is 21.1. The molecule has 4 heteroatoms. The lowest BCUT2D eigenvalue weighted by Crippen LogP contribution is -2.13. The van der Waals surface area contributed by atoms with Crippen LogP contribution in [0.4, 0.5) is 0 Å². The number of Topliss-reactive ketones (excluding diaryl/α,β-unsaturated/α-hetero) is 1. The highest BCUT2D eigenvalue weighted by Crippen LogP contribution is 2.40. The van der Waals surface area contributed by atoms with E-state index in [2.05, 4.69) is 23.8 Å². The molecule has 0 spiro atoms. The lowest BCUT2D eigenvalue weighted by atomic mass is 9.84. The Bertz CT molecular complexity index is 622. The first-order valence-electron chi connectivity index (χ1n) is 11.4. The van der Waals surface area contributed by atoms with Gasteiger partial charge in [-0.25, -0.2) is 0 Å². The second-order valence-corrected chi connectivity index (χ2v) is 8.43. The molecule has 1 aliphatic rings. The van der Waals surface area contributed by atoms with Crippen LogP contribution in [0.3, 0.4) is 0 Å². The Morgan fingerprint density at radius 2 is 1.83 bits per heavy atom. The molecule has 0 bridgehead atoms. The molecular weight excluding hydrogens is 364 g/mol. The van der Waals surface area contributed by atoms with Crippen molar-refractivity contribution in [2.24, 2.45) is 5.92 Å². The summed E-state index contributed by atoms with van der Waals surface area (Å²) >= 11 is 0. The maximum Gasteiger partial charge on any atom is 0.305 e. The fourth-order valence-electron chi connectivity index (χ4n) is 4.48. The standard InChI is InChI=1S/C25H38O4/c1-3-4-7-11-23(26)20-15-13-19(14-16-20)21-17-18-24(27)22(21)10-8-5-6-9-12-25(28)29-2/h13-16,21-23,26H,3-12,17-18H2,1-2H3/t21-,22-,23-/m0/s1. The number of carbonyl (C=O) groups excluding carboxylic acids is 2. The molecule has 0 saturated heterocycles. The van der Waals surface area contributed by atoms with Gasteiger partial charge in [-0.2, -0.15) is 0 Å². The van der Waals surface area contributed by atoms with Crippen LogP contribution in [0.1, 0.15) is 107 Å². The monoisotopic (exact) mass is 402 g/mol. The van der Waals surface area contributed by atoms with Crippen LogP contribution in [0.15, 0.2) is 24.3 Å². The summed E-state index contributed by atoms with van der Waals surface area (Å²) in [6.45, 7) is 2.17. The van der Waals surface area contributed by atoms with E-state index in [4.69, 9.17) is 0 Å². The molecule has 0 aromatic heterocycles. The van der Waals surface area contributed by atoms with Crippen molar-refractivity contribution in [2.75, 3.05) is 7.11 Å². The Morgan fingerprint density at radius 3 is 2.52 bits per heavy atom. The lowest BCUT2D eigenvalue weighted by Gasteiger charge is -2.20. The molecule has 0 radical (unpaired) electrons. The summed E-state index contributed by atoms with van der Waals surface area (Å²) in [5.74, 6) is 0.683. The molecule has 1 aliphatic carbocycles. The molecule has 1 aromatic rings. The van der Waals surface area contributed by atoms with E-state index in [0.717, 1.165) is 69.8 Å². The fourth-order valence-corrected chi connectivity index (χ4v) is 4.48. The highest BCUT2D eigenvalue weighted by Gasteiger charge is 2.34. The van der Waals surface area contributed by atoms with Gasteiger partial charge in [-0.15, -0.1) is 0 Å². The van der Waals surface area contributed by atoms with Gasteiger partial charge in [-0.3, -0.25) is 9.59 Å². The van der Waals surface area contributed by atoms with Crippen molar-refractivity contribution in [3.8, 4) is 0 Å². The Labute approximate surface area is 176 Å². The number of carbonyl (C=O) groups is 2. The van der Waals surface area contributed by atoms with Gasteiger partial charge < -0.3 is 9.84 Å². The minimum Gasteiger partial charge on any atom is -0.469 e. The van der Waals surface area contributed by atoms with Gasteiger partial charge in [0.1, 0.15) is 5.78 Å². The summed E-state index contributed by atoms with van der Waals surface area (Å²) in [6, 6.07) is 8.31. The molecule has 0 heterocycles. The summed E-state index contributed by atoms with van der Waals surface area (Å²) in [5.41, 5.74) is 2.22. The average molecular weight is 403 g/mol. The zero-order valence-electron chi connectivity index (χ0n) is 18.2. The number of rotatable bonds is 13. The molecule has 0 aliphatic heterocycles. The molecule has 0 unspecified atom stereocenters. The number of aliphatic hydroxyl groups excluding tert-OH is 1. The largest absolute Gasteiger partial charge is 0.469 e. The quantitative estimate of drug-likeness (QED) is 0.331. The SMILES string of the molecule is CCCCC[C@H](O)c1ccc([C@@H]2CCC(=O)[C@H]2CCCCCCC(=O)OC)cc1. The van der Waals surface area contributed by atoms with Crippen molar-refractivity contribution in [3.63, 3.8) is 0 Å². The predicted molar refractivity (Wildman–Crippen MR) is 116 cm³/mol. The van der Waals surface area contributed by atoms with Crippen LogP contribution in [-0.2, 0) is 14.3 Å². The van der Waals surface area contributed by atoms with Crippen LogP contribution in [0.5, 0.6) is 0 Å². The molecule has 1 saturated carbocycles. The normalized spacial score (nSPS) is 20.0. The van der Waals surface area contributed by atoms with E-state index in [9.17, 15) is 14.7 Å². The fraction of sp³-hybridized carbons (Fsp3) is 0.680. The Hall–Kier alpha value is -1.68. The van der Waals surface area contributed by atoms with Crippen molar-refractivity contribution >= 4 is 11.8 Å². The minimum atomic E-state index is -0.387. The molecule has 3 atom stereocenters. The molecule has 0 amide bonds. The number of hydrogen-bond acceptors (Lipinski definition) is 4. The second kappa shape index (κ2) is 12.8. The number of methoxy groups -OCH3 is 1. The maximum atomic E-state index is 12.4. The van der Waals surface area contributed by atoms with E-state index in [1.54, 1.807) is 0 Å². The second-order valence-electron chi connectivity index (χ2n) is 8.43. The molecule has 1 aromatic carbocycles. The summed E-state index contributed by atoms with van der Waals surface area (Å²) in [6.07, 6.45) is 10.8. The van der Waals surface area contributed by atoms with Gasteiger partial charge >= 0.3 is 5.97 Å². The third kappa shape index (κ3) is 7.58. The topological polar surface area (TPSA) is 63.6 Å². The van der Waals surface area contributed by atoms with E-state index in [-0.39, 0.29) is 18.0 Å². The van der Waals surface area contributed by atoms with Gasteiger partial charge in [0.25, 0.3) is 0 Å². The number of ether oxygens (including phenoxy) is 1. The van der Waals surface area contributed by atoms with E-state index >= 15 is 0 Å². The Morgan fingerprint density at radius 1 is 1.10 bits per heavy atom. The maximum absolute atomic E-state index is 12.4. The van der Waals surface area contributed by atoms with Crippen LogP contribution >= 0.6 is 0 Å². The van der Waals surface area contributed by atoms with Crippen molar-refractivity contribution in [2.45, 2.75) is 96.0 Å². The molecule has 1 N–H and O–H groups in total. The summed E-state index contributed by atoms with van der Waals surface area (Å²) < 4.78 is 4.66. The van der Waals surface area contributed by atoms with E-state index < -0.39 is 0 Å². The molecule has 29 heavy (non-hydrogen) atoms. The number of hydrogen-bond donors (Lipinski definition) is 1. The van der Waals surface area contributed by atoms with Gasteiger partial charge in [0, 0.05) is 18.8 Å². The van der Waals surface area contributed by atoms with Crippen LogP contribution in [0.2, 0.25) is 0 Å². The molecule has 162 valence electrons. The highest BCUT2D eigenvalue weighted by atomic mass is 16.5. The Balaban J connectivity index is 1.82. The van der Waals surface area contributed by atoms with Gasteiger partial charge in [0.05, 0.1) is 13.2 Å². The van der Waals surface area contributed by atoms with E-state index in [1.807, 2.05) is 12.1 Å². The molecule has 1 fully saturated rings. The van der Waals surface area contributed by atoms with Gasteiger partial charge in [-0.1, -0.05) is 69.7 Å². The predicted octanol–water partition coefficient (Wildman–Crippen LogP) is 5.88. The van der Waals surface area contributed by atoms with Gasteiger partial charge in [0.2, 0.25) is 0 Å². The van der Waals surface area contributed by atoms with Gasteiger partial charge in [-0.05, 0) is 42.7 Å². The third-order valence-electron chi connectivity index (χ3n) is 6.31. The average Bonchev–Trinajstić information content (AvgIpc) is 3.10. The number of unbranched alkanes of at least 4 members (excludes halogenated alkanes) is 5. The summed E-state index contributed by atoms with van der Waals surface area (Å²) in [4.78, 5) is 23.6. The van der Waals surface area contributed by atoms with Crippen LogP contribution in [0, 0.1) is 5.92 Å². The van der Waals surface area contributed by atoms with Crippen LogP contribution < -0.4 is 0 Å². The van der Waals surface area contributed by atoms with Crippen molar-refractivity contribution in [1.29, 1.82) is 0 Å². The van der Waals surface area contributed by atoms with Gasteiger partial charge in [0.15, 0.2) is 0 Å². The van der Waals surface area contributed by atoms with Crippen molar-refractivity contribution in [1.82, 2.24) is 0 Å². The molecule has 2 rings (SSSR count). The van der Waals surface area contributed by atoms with E-state index in [0.29, 0.717) is 24.5 Å². The minimum absolute atomic E-state index is 0.121. The number of esters is 1. The Kier molecular flexibility index (Phi) is 10.4. The highest BCUT2D eigenvalue weighted by molar-refractivity contribution is 5.84. The zero-order valence-corrected chi connectivity index (χ0v) is 18.2. The summed E-state index contributed by atoms with van der Waals surface area (Å²) in [7, 11) is 1.42. The number of benzene rings is 1. The summed E-state index contributed by atoms with van der Waals surface area (Å²) in [5, 5.41) is 10.4. The first-order chi connectivity index (χ1) is 14.1.